The minimum atomic E-state index is -0.439. The van der Waals surface area contributed by atoms with Crippen LogP contribution in [0.25, 0.3) is 0 Å². The number of benzene rings is 1. The molecule has 7 nitrogen and oxygen atoms in total. The van der Waals surface area contributed by atoms with E-state index in [-0.39, 0.29) is 19.0 Å². The van der Waals surface area contributed by atoms with Crippen molar-refractivity contribution in [2.75, 3.05) is 6.61 Å². The Kier molecular flexibility index (Phi) is 6.08. The number of rotatable bonds is 6. The molecule has 0 bridgehead atoms. The fraction of sp³-hybridized carbons (Fsp3) is 0.278. The lowest BCUT2D eigenvalue weighted by molar-refractivity contribution is -0.123. The van der Waals surface area contributed by atoms with Crippen molar-refractivity contribution >= 4 is 12.1 Å². The van der Waals surface area contributed by atoms with Gasteiger partial charge in [-0.3, -0.25) is 9.78 Å². The van der Waals surface area contributed by atoms with E-state index < -0.39 is 5.91 Å². The van der Waals surface area contributed by atoms with Crippen LogP contribution >= 0.6 is 0 Å². The number of hydrogen-bond acceptors (Lipinski definition) is 6. The number of aromatic hydroxyl groups is 1. The SMILES string of the molecule is Cc1cc(C)cc(OCC(=O)N/N=C/c2c(CO)cnc(C)c2O)c1. The fourth-order valence-corrected chi connectivity index (χ4v) is 2.29. The Morgan fingerprint density at radius 2 is 1.96 bits per heavy atom. The number of hydrazone groups is 1. The first-order valence-electron chi connectivity index (χ1n) is 7.72. The van der Waals surface area contributed by atoms with Crippen molar-refractivity contribution in [2.24, 2.45) is 5.10 Å². The molecular weight excluding hydrogens is 322 g/mol. The van der Waals surface area contributed by atoms with Crippen molar-refractivity contribution in [1.82, 2.24) is 10.4 Å². The fourth-order valence-electron chi connectivity index (χ4n) is 2.29. The molecule has 0 aliphatic heterocycles. The number of ether oxygens (including phenoxy) is 1. The predicted molar refractivity (Wildman–Crippen MR) is 93.7 cm³/mol. The van der Waals surface area contributed by atoms with E-state index in [9.17, 15) is 15.0 Å². The first kappa shape index (κ1) is 18.4. The highest BCUT2D eigenvalue weighted by Gasteiger charge is 2.09. The summed E-state index contributed by atoms with van der Waals surface area (Å²) in [6.45, 7) is 5.04. The number of nitrogens with one attached hydrogen (secondary N) is 1. The summed E-state index contributed by atoms with van der Waals surface area (Å²) in [5, 5.41) is 23.0. The van der Waals surface area contributed by atoms with Crippen molar-refractivity contribution in [3.63, 3.8) is 0 Å². The summed E-state index contributed by atoms with van der Waals surface area (Å²) in [6.07, 6.45) is 2.71. The number of aromatic nitrogens is 1. The average molecular weight is 343 g/mol. The third-order valence-electron chi connectivity index (χ3n) is 3.48. The number of amides is 1. The van der Waals surface area contributed by atoms with Crippen LogP contribution < -0.4 is 10.2 Å². The number of aliphatic hydroxyl groups is 1. The van der Waals surface area contributed by atoms with Crippen molar-refractivity contribution < 1.29 is 19.7 Å². The van der Waals surface area contributed by atoms with Crippen LogP contribution in [0.3, 0.4) is 0 Å². The van der Waals surface area contributed by atoms with E-state index in [1.807, 2.05) is 32.0 Å². The van der Waals surface area contributed by atoms with Gasteiger partial charge in [0.05, 0.1) is 18.5 Å². The molecule has 0 aliphatic rings. The van der Waals surface area contributed by atoms with Gasteiger partial charge in [-0.2, -0.15) is 5.10 Å². The largest absolute Gasteiger partial charge is 0.505 e. The monoisotopic (exact) mass is 343 g/mol. The normalized spacial score (nSPS) is 10.9. The van der Waals surface area contributed by atoms with Crippen LogP contribution in [0.4, 0.5) is 0 Å². The van der Waals surface area contributed by atoms with Gasteiger partial charge in [-0.15, -0.1) is 0 Å². The van der Waals surface area contributed by atoms with Gasteiger partial charge in [0.1, 0.15) is 11.5 Å². The van der Waals surface area contributed by atoms with E-state index in [0.717, 1.165) is 11.1 Å². The molecule has 1 amide bonds. The van der Waals surface area contributed by atoms with E-state index in [0.29, 0.717) is 22.6 Å². The molecule has 1 aromatic heterocycles. The predicted octanol–water partition coefficient (Wildman–Crippen LogP) is 1.73. The van der Waals surface area contributed by atoms with Gasteiger partial charge >= 0.3 is 0 Å². The van der Waals surface area contributed by atoms with Gasteiger partial charge in [0, 0.05) is 17.3 Å². The summed E-state index contributed by atoms with van der Waals surface area (Å²) < 4.78 is 5.43. The molecule has 1 aromatic carbocycles. The summed E-state index contributed by atoms with van der Waals surface area (Å²) in [5.41, 5.74) is 5.55. The van der Waals surface area contributed by atoms with Gasteiger partial charge in [-0.1, -0.05) is 6.07 Å². The first-order valence-corrected chi connectivity index (χ1v) is 7.72. The van der Waals surface area contributed by atoms with E-state index in [1.165, 1.54) is 12.4 Å². The summed E-state index contributed by atoms with van der Waals surface area (Å²) in [5.74, 6) is 0.0869. The quantitative estimate of drug-likeness (QED) is 0.547. The highest BCUT2D eigenvalue weighted by molar-refractivity contribution is 5.87. The Bertz CT molecular complexity index is 783. The minimum absolute atomic E-state index is 0.0870. The van der Waals surface area contributed by atoms with Crippen LogP contribution in [0.1, 0.15) is 27.9 Å². The minimum Gasteiger partial charge on any atom is -0.505 e. The Hall–Kier alpha value is -2.93. The van der Waals surface area contributed by atoms with Gasteiger partial charge in [0.15, 0.2) is 6.61 Å². The molecule has 2 aromatic rings. The Balaban J connectivity index is 1.96. The molecule has 0 radical (unpaired) electrons. The Morgan fingerprint density at radius 1 is 1.28 bits per heavy atom. The topological polar surface area (TPSA) is 104 Å². The zero-order valence-corrected chi connectivity index (χ0v) is 14.4. The van der Waals surface area contributed by atoms with Crippen LogP contribution in [0.2, 0.25) is 0 Å². The maximum Gasteiger partial charge on any atom is 0.277 e. The Morgan fingerprint density at radius 3 is 2.60 bits per heavy atom. The van der Waals surface area contributed by atoms with Crippen LogP contribution in [0, 0.1) is 20.8 Å². The van der Waals surface area contributed by atoms with E-state index in [1.54, 1.807) is 6.92 Å². The van der Waals surface area contributed by atoms with Gasteiger partial charge in [0.2, 0.25) is 0 Å². The number of carbonyl (C=O) groups excluding carboxylic acids is 1. The van der Waals surface area contributed by atoms with Gasteiger partial charge in [0.25, 0.3) is 5.91 Å². The smallest absolute Gasteiger partial charge is 0.277 e. The van der Waals surface area contributed by atoms with Crippen molar-refractivity contribution in [2.45, 2.75) is 27.4 Å². The molecule has 132 valence electrons. The molecule has 0 aliphatic carbocycles. The summed E-state index contributed by atoms with van der Waals surface area (Å²) in [4.78, 5) is 15.8. The highest BCUT2D eigenvalue weighted by Crippen LogP contribution is 2.21. The highest BCUT2D eigenvalue weighted by atomic mass is 16.5. The number of carbonyl (C=O) groups is 1. The van der Waals surface area contributed by atoms with Crippen molar-refractivity contribution in [3.05, 3.63) is 52.3 Å². The third kappa shape index (κ3) is 5.02. The lowest BCUT2D eigenvalue weighted by Gasteiger charge is -2.08. The average Bonchev–Trinajstić information content (AvgIpc) is 2.56. The van der Waals surface area contributed by atoms with Gasteiger partial charge < -0.3 is 14.9 Å². The number of hydrogen-bond donors (Lipinski definition) is 3. The first-order chi connectivity index (χ1) is 11.9. The lowest BCUT2D eigenvalue weighted by Crippen LogP contribution is -2.24. The van der Waals surface area contributed by atoms with Crippen molar-refractivity contribution in [3.8, 4) is 11.5 Å². The second-order valence-corrected chi connectivity index (χ2v) is 5.69. The second kappa shape index (κ2) is 8.25. The van der Waals surface area contributed by atoms with Crippen LogP contribution in [0.5, 0.6) is 11.5 Å². The maximum absolute atomic E-state index is 11.8. The molecule has 7 heteroatoms. The molecular formula is C18H21N3O4. The molecule has 0 spiro atoms. The summed E-state index contributed by atoms with van der Waals surface area (Å²) in [6, 6.07) is 5.70. The number of nitrogens with zero attached hydrogens (tertiary/aromatic N) is 2. The van der Waals surface area contributed by atoms with Crippen LogP contribution in [0.15, 0.2) is 29.5 Å². The molecule has 0 fully saturated rings. The zero-order chi connectivity index (χ0) is 18.4. The van der Waals surface area contributed by atoms with E-state index >= 15 is 0 Å². The molecule has 0 atom stereocenters. The molecule has 2 rings (SSSR count). The molecule has 0 saturated carbocycles. The Labute approximate surface area is 146 Å². The molecule has 0 saturated heterocycles. The van der Waals surface area contributed by atoms with E-state index in [2.05, 4.69) is 15.5 Å². The molecule has 3 N–H and O–H groups in total. The molecule has 1 heterocycles. The zero-order valence-electron chi connectivity index (χ0n) is 14.4. The van der Waals surface area contributed by atoms with Crippen LogP contribution in [-0.4, -0.2) is 33.9 Å². The maximum atomic E-state index is 11.8. The van der Waals surface area contributed by atoms with E-state index in [4.69, 9.17) is 4.74 Å². The van der Waals surface area contributed by atoms with Crippen LogP contribution in [-0.2, 0) is 11.4 Å². The van der Waals surface area contributed by atoms with Gasteiger partial charge in [-0.05, 0) is 44.0 Å². The lowest BCUT2D eigenvalue weighted by atomic mass is 10.1. The standard InChI is InChI=1S/C18H21N3O4/c1-11-4-12(2)6-15(5-11)25-10-17(23)21-20-8-16-14(9-22)7-19-13(3)18(16)24/h4-8,22,24H,9-10H2,1-3H3,(H,21,23)/b20-8+. The second-order valence-electron chi connectivity index (χ2n) is 5.69. The molecule has 25 heavy (non-hydrogen) atoms. The van der Waals surface area contributed by atoms with Gasteiger partial charge in [-0.25, -0.2) is 5.43 Å². The molecule has 0 unspecified atom stereocenters. The van der Waals surface area contributed by atoms with Crippen molar-refractivity contribution in [1.29, 1.82) is 0 Å². The third-order valence-corrected chi connectivity index (χ3v) is 3.48. The number of pyridine rings is 1. The summed E-state index contributed by atoms with van der Waals surface area (Å²) >= 11 is 0. The summed E-state index contributed by atoms with van der Waals surface area (Å²) in [7, 11) is 0. The number of aliphatic hydroxyl groups excluding tert-OH is 1. The number of aryl methyl sites for hydroxylation is 3.